The number of halogens is 2. The largest absolute Gasteiger partial charge is 0.282 e. The molecule has 0 aliphatic heterocycles. The average molecular weight is 360 g/mol. The minimum atomic E-state index is -3.26. The maximum atomic E-state index is 11.5. The molecule has 6 heteroatoms. The maximum Gasteiger partial charge on any atom is 0.232 e. The molecule has 15 heavy (non-hydrogen) atoms. The van der Waals surface area contributed by atoms with Gasteiger partial charge in [0.25, 0.3) is 0 Å². The summed E-state index contributed by atoms with van der Waals surface area (Å²) in [6.45, 7) is 0. The minimum Gasteiger partial charge on any atom is -0.282 e. The van der Waals surface area contributed by atoms with Crippen LogP contribution in [0.5, 0.6) is 0 Å². The number of anilines is 1. The third kappa shape index (κ3) is 4.56. The fourth-order valence-corrected chi connectivity index (χ4v) is 3.14. The van der Waals surface area contributed by atoms with E-state index in [9.17, 15) is 8.42 Å². The van der Waals surface area contributed by atoms with Crippen molar-refractivity contribution in [2.75, 3.05) is 16.4 Å². The van der Waals surface area contributed by atoms with Crippen LogP contribution in [0.2, 0.25) is 0 Å². The van der Waals surface area contributed by atoms with Crippen LogP contribution in [-0.4, -0.2) is 20.1 Å². The summed E-state index contributed by atoms with van der Waals surface area (Å²) in [4.78, 5) is 0. The van der Waals surface area contributed by atoms with Gasteiger partial charge in [0, 0.05) is 9.45 Å². The van der Waals surface area contributed by atoms with Crippen molar-refractivity contribution in [1.82, 2.24) is 0 Å². The monoisotopic (exact) mass is 359 g/mol. The number of alkyl halides is 1. The molecular formula is C9H11ClINO2S. The van der Waals surface area contributed by atoms with Crippen LogP contribution < -0.4 is 4.72 Å². The second-order valence-electron chi connectivity index (χ2n) is 2.94. The Morgan fingerprint density at radius 3 is 2.60 bits per heavy atom. The number of nitrogens with one attached hydrogen (secondary N) is 1. The maximum absolute atomic E-state index is 11.5. The molecular weight excluding hydrogens is 349 g/mol. The van der Waals surface area contributed by atoms with E-state index in [0.717, 1.165) is 3.57 Å². The Morgan fingerprint density at radius 2 is 2.00 bits per heavy atom. The highest BCUT2D eigenvalue weighted by molar-refractivity contribution is 14.1. The van der Waals surface area contributed by atoms with E-state index in [1.807, 2.05) is 12.1 Å². The van der Waals surface area contributed by atoms with E-state index >= 15 is 0 Å². The van der Waals surface area contributed by atoms with Gasteiger partial charge in [-0.2, -0.15) is 0 Å². The molecule has 0 radical (unpaired) electrons. The normalized spacial score (nSPS) is 11.3. The van der Waals surface area contributed by atoms with E-state index in [4.69, 9.17) is 11.6 Å². The van der Waals surface area contributed by atoms with Crippen molar-refractivity contribution in [3.63, 3.8) is 0 Å². The molecule has 0 aliphatic carbocycles. The van der Waals surface area contributed by atoms with Crippen LogP contribution in [0.1, 0.15) is 6.42 Å². The molecule has 0 unspecified atom stereocenters. The molecule has 1 rings (SSSR count). The third-order valence-corrected chi connectivity index (χ3v) is 4.25. The van der Waals surface area contributed by atoms with Gasteiger partial charge in [-0.05, 0) is 41.1 Å². The van der Waals surface area contributed by atoms with E-state index in [1.54, 1.807) is 12.1 Å². The van der Waals surface area contributed by atoms with Crippen LogP contribution in [0, 0.1) is 3.57 Å². The van der Waals surface area contributed by atoms with Gasteiger partial charge >= 0.3 is 0 Å². The summed E-state index contributed by atoms with van der Waals surface area (Å²) < 4.78 is 26.5. The topological polar surface area (TPSA) is 46.2 Å². The molecule has 1 N–H and O–H groups in total. The summed E-state index contributed by atoms with van der Waals surface area (Å²) in [6.07, 6.45) is 0.459. The van der Waals surface area contributed by atoms with Gasteiger partial charge in [-0.3, -0.25) is 4.72 Å². The van der Waals surface area contributed by atoms with Gasteiger partial charge < -0.3 is 0 Å². The van der Waals surface area contributed by atoms with Crippen LogP contribution >= 0.6 is 34.2 Å². The Morgan fingerprint density at radius 1 is 1.33 bits per heavy atom. The quantitative estimate of drug-likeness (QED) is 0.649. The van der Waals surface area contributed by atoms with E-state index in [-0.39, 0.29) is 5.75 Å². The standard InChI is InChI=1S/C9H11ClINO2S/c10-6-3-7-15(13,14)12-9-5-2-1-4-8(9)11/h1-2,4-5,12H,3,6-7H2. The average Bonchev–Trinajstić information content (AvgIpc) is 2.18. The van der Waals surface area contributed by atoms with Crippen molar-refractivity contribution in [2.45, 2.75) is 6.42 Å². The summed E-state index contributed by atoms with van der Waals surface area (Å²) in [7, 11) is -3.26. The molecule has 0 bridgehead atoms. The van der Waals surface area contributed by atoms with Crippen LogP contribution in [0.15, 0.2) is 24.3 Å². The van der Waals surface area contributed by atoms with Gasteiger partial charge in [-0.15, -0.1) is 11.6 Å². The lowest BCUT2D eigenvalue weighted by Crippen LogP contribution is -2.17. The highest BCUT2D eigenvalue weighted by Gasteiger charge is 2.10. The Kier molecular flexibility index (Phi) is 5.14. The van der Waals surface area contributed by atoms with Crippen molar-refractivity contribution in [3.8, 4) is 0 Å². The third-order valence-electron chi connectivity index (χ3n) is 1.69. The lowest BCUT2D eigenvalue weighted by atomic mass is 10.3. The van der Waals surface area contributed by atoms with Crippen molar-refractivity contribution in [2.24, 2.45) is 0 Å². The highest BCUT2D eigenvalue weighted by Crippen LogP contribution is 2.18. The number of hydrogen-bond acceptors (Lipinski definition) is 2. The lowest BCUT2D eigenvalue weighted by molar-refractivity contribution is 0.600. The van der Waals surface area contributed by atoms with Crippen molar-refractivity contribution in [1.29, 1.82) is 0 Å². The molecule has 0 heterocycles. The van der Waals surface area contributed by atoms with Gasteiger partial charge in [0.05, 0.1) is 11.4 Å². The van der Waals surface area contributed by atoms with Gasteiger partial charge in [-0.25, -0.2) is 8.42 Å². The fourth-order valence-electron chi connectivity index (χ4n) is 1.01. The van der Waals surface area contributed by atoms with Gasteiger partial charge in [0.15, 0.2) is 0 Å². The zero-order chi connectivity index (χ0) is 11.3. The van der Waals surface area contributed by atoms with Crippen LogP contribution in [-0.2, 0) is 10.0 Å². The number of benzene rings is 1. The SMILES string of the molecule is O=S(=O)(CCCCl)Nc1ccccc1I. The van der Waals surface area contributed by atoms with E-state index in [1.165, 1.54) is 0 Å². The molecule has 0 amide bonds. The first-order valence-electron chi connectivity index (χ1n) is 4.36. The summed E-state index contributed by atoms with van der Waals surface area (Å²) >= 11 is 7.53. The molecule has 84 valence electrons. The second kappa shape index (κ2) is 5.91. The predicted octanol–water partition coefficient (Wildman–Crippen LogP) is 2.66. The summed E-state index contributed by atoms with van der Waals surface area (Å²) in [5.74, 6) is 0.411. The Hall–Kier alpha value is -0.0100. The Bertz CT molecular complexity index is 422. The number of hydrogen-bond donors (Lipinski definition) is 1. The van der Waals surface area contributed by atoms with Crippen LogP contribution in [0.25, 0.3) is 0 Å². The molecule has 0 atom stereocenters. The first kappa shape index (κ1) is 13.1. The number of rotatable bonds is 5. The number of para-hydroxylation sites is 1. The van der Waals surface area contributed by atoms with E-state index < -0.39 is 10.0 Å². The first-order chi connectivity index (χ1) is 7.05. The molecule has 1 aromatic rings. The Balaban J connectivity index is 2.74. The first-order valence-corrected chi connectivity index (χ1v) is 7.63. The fraction of sp³-hybridized carbons (Fsp3) is 0.333. The second-order valence-corrected chi connectivity index (χ2v) is 6.33. The summed E-state index contributed by atoms with van der Waals surface area (Å²) in [5, 5.41) is 0. The highest BCUT2D eigenvalue weighted by atomic mass is 127. The van der Waals surface area contributed by atoms with Crippen molar-refractivity contribution >= 4 is 49.9 Å². The molecule has 0 aromatic heterocycles. The molecule has 0 aliphatic rings. The van der Waals surface area contributed by atoms with Crippen molar-refractivity contribution < 1.29 is 8.42 Å². The van der Waals surface area contributed by atoms with Crippen LogP contribution in [0.3, 0.4) is 0 Å². The van der Waals surface area contributed by atoms with E-state index in [2.05, 4.69) is 27.3 Å². The molecule has 3 nitrogen and oxygen atoms in total. The molecule has 0 fully saturated rings. The lowest BCUT2D eigenvalue weighted by Gasteiger charge is -2.08. The summed E-state index contributed by atoms with van der Waals surface area (Å²) in [5.41, 5.74) is 0.618. The molecule has 0 saturated carbocycles. The van der Waals surface area contributed by atoms with Gasteiger partial charge in [-0.1, -0.05) is 12.1 Å². The zero-order valence-corrected chi connectivity index (χ0v) is 11.6. The molecule has 0 saturated heterocycles. The molecule has 1 aromatic carbocycles. The van der Waals surface area contributed by atoms with Gasteiger partial charge in [0.2, 0.25) is 10.0 Å². The molecule has 0 spiro atoms. The zero-order valence-electron chi connectivity index (χ0n) is 7.91. The van der Waals surface area contributed by atoms with Gasteiger partial charge in [0.1, 0.15) is 0 Å². The van der Waals surface area contributed by atoms with Crippen LogP contribution in [0.4, 0.5) is 5.69 Å². The summed E-state index contributed by atoms with van der Waals surface area (Å²) in [6, 6.07) is 7.24. The smallest absolute Gasteiger partial charge is 0.232 e. The van der Waals surface area contributed by atoms with E-state index in [0.29, 0.717) is 18.0 Å². The van der Waals surface area contributed by atoms with Crippen molar-refractivity contribution in [3.05, 3.63) is 27.8 Å². The predicted molar refractivity (Wildman–Crippen MR) is 71.9 cm³/mol. The minimum absolute atomic E-state index is 0.0570. The number of sulfonamides is 1. The Labute approximate surface area is 108 Å².